The van der Waals surface area contributed by atoms with E-state index in [1.165, 1.54) is 19.1 Å². The third kappa shape index (κ3) is 4.27. The molecule has 1 aromatic heterocycles. The minimum absolute atomic E-state index is 0. The van der Waals surface area contributed by atoms with Gasteiger partial charge in [0.1, 0.15) is 17.8 Å². The Balaban J connectivity index is 0.00000192. The van der Waals surface area contributed by atoms with Crippen LogP contribution in [0.2, 0.25) is 0 Å². The number of carbonyl (C=O) groups is 1. The van der Waals surface area contributed by atoms with Crippen molar-refractivity contribution in [2.75, 3.05) is 5.32 Å². The van der Waals surface area contributed by atoms with Crippen LogP contribution in [0.3, 0.4) is 0 Å². The third-order valence-electron chi connectivity index (χ3n) is 3.85. The van der Waals surface area contributed by atoms with E-state index in [9.17, 15) is 4.79 Å². The topological polar surface area (TPSA) is 77.5 Å². The first kappa shape index (κ1) is 17.4. The normalized spacial score (nSPS) is 14.3. The molecule has 5 nitrogen and oxygen atoms in total. The molecule has 0 radical (unpaired) electrons. The molecule has 3 N–H and O–H groups in total. The van der Waals surface area contributed by atoms with Gasteiger partial charge in [0.2, 0.25) is 0 Å². The van der Waals surface area contributed by atoms with E-state index >= 15 is 0 Å². The van der Waals surface area contributed by atoms with Gasteiger partial charge in [-0.1, -0.05) is 12.1 Å². The van der Waals surface area contributed by atoms with Crippen LogP contribution in [0.5, 0.6) is 5.75 Å². The molecule has 1 fully saturated rings. The molecule has 1 amide bonds. The van der Waals surface area contributed by atoms with Crippen LogP contribution in [-0.4, -0.2) is 12.0 Å². The fraction of sp³-hybridized carbons (Fsp3) is 0.353. The molecular weight excluding hydrogens is 316 g/mol. The summed E-state index contributed by atoms with van der Waals surface area (Å²) in [5.74, 6) is 1.07. The van der Waals surface area contributed by atoms with E-state index in [2.05, 4.69) is 5.32 Å². The molecule has 0 atom stereocenters. The van der Waals surface area contributed by atoms with Crippen molar-refractivity contribution in [2.45, 2.75) is 38.3 Å². The SMILES string of the molecule is Cl.NCc1cc(C(=O)Nc2ccccc2OC2CCCC2)co1. The van der Waals surface area contributed by atoms with E-state index in [-0.39, 0.29) is 31.0 Å². The van der Waals surface area contributed by atoms with Crippen molar-refractivity contribution in [2.24, 2.45) is 5.73 Å². The number of carbonyl (C=O) groups excluding carboxylic acids is 1. The minimum Gasteiger partial charge on any atom is -0.488 e. The van der Waals surface area contributed by atoms with Crippen molar-refractivity contribution >= 4 is 24.0 Å². The summed E-state index contributed by atoms with van der Waals surface area (Å²) in [6, 6.07) is 9.15. The number of para-hydroxylation sites is 2. The van der Waals surface area contributed by atoms with Gasteiger partial charge in [0.25, 0.3) is 5.91 Å². The Morgan fingerprint density at radius 3 is 2.74 bits per heavy atom. The number of anilines is 1. The van der Waals surface area contributed by atoms with E-state index in [0.29, 0.717) is 22.8 Å². The highest BCUT2D eigenvalue weighted by atomic mass is 35.5. The molecule has 0 unspecified atom stereocenters. The summed E-state index contributed by atoms with van der Waals surface area (Å²) < 4.78 is 11.2. The molecule has 23 heavy (non-hydrogen) atoms. The lowest BCUT2D eigenvalue weighted by Crippen LogP contribution is -2.15. The second-order valence-corrected chi connectivity index (χ2v) is 5.48. The second kappa shape index (κ2) is 8.04. The average Bonchev–Trinajstić information content (AvgIpc) is 3.20. The molecule has 3 rings (SSSR count). The van der Waals surface area contributed by atoms with Crippen molar-refractivity contribution in [3.05, 3.63) is 47.9 Å². The van der Waals surface area contributed by atoms with Crippen LogP contribution in [0.1, 0.15) is 41.8 Å². The number of benzene rings is 1. The maximum atomic E-state index is 12.3. The molecule has 1 aromatic carbocycles. The summed E-state index contributed by atoms with van der Waals surface area (Å²) in [4.78, 5) is 12.3. The lowest BCUT2D eigenvalue weighted by Gasteiger charge is -2.16. The molecule has 0 saturated heterocycles. The Morgan fingerprint density at radius 2 is 2.04 bits per heavy atom. The van der Waals surface area contributed by atoms with Gasteiger partial charge in [0, 0.05) is 0 Å². The summed E-state index contributed by atoms with van der Waals surface area (Å²) in [6.45, 7) is 0.272. The van der Waals surface area contributed by atoms with Gasteiger partial charge >= 0.3 is 0 Å². The van der Waals surface area contributed by atoms with Gasteiger partial charge in [0.15, 0.2) is 0 Å². The number of nitrogens with one attached hydrogen (secondary N) is 1. The Bertz CT molecular complexity index is 651. The standard InChI is InChI=1S/C17H20N2O3.ClH/c18-10-14-9-12(11-21-14)17(20)19-15-7-3-4-8-16(15)22-13-5-1-2-6-13;/h3-4,7-9,11,13H,1-2,5-6,10,18H2,(H,19,20);1H. The largest absolute Gasteiger partial charge is 0.488 e. The molecule has 2 aromatic rings. The third-order valence-corrected chi connectivity index (χ3v) is 3.85. The highest BCUT2D eigenvalue weighted by Gasteiger charge is 2.19. The van der Waals surface area contributed by atoms with Crippen LogP contribution in [-0.2, 0) is 6.54 Å². The quantitative estimate of drug-likeness (QED) is 0.872. The molecule has 0 spiro atoms. The first-order valence-electron chi connectivity index (χ1n) is 7.61. The lowest BCUT2D eigenvalue weighted by atomic mass is 10.2. The lowest BCUT2D eigenvalue weighted by molar-refractivity contribution is 0.102. The van der Waals surface area contributed by atoms with E-state index < -0.39 is 0 Å². The maximum Gasteiger partial charge on any atom is 0.259 e. The summed E-state index contributed by atoms with van der Waals surface area (Å²) in [6.07, 6.45) is 6.22. The van der Waals surface area contributed by atoms with Crippen molar-refractivity contribution in [1.29, 1.82) is 0 Å². The van der Waals surface area contributed by atoms with Crippen LogP contribution >= 0.6 is 12.4 Å². The van der Waals surface area contributed by atoms with Gasteiger partial charge in [0.05, 0.1) is 23.9 Å². The van der Waals surface area contributed by atoms with Gasteiger partial charge < -0.3 is 20.2 Å². The number of amides is 1. The van der Waals surface area contributed by atoms with E-state index in [4.69, 9.17) is 14.9 Å². The van der Waals surface area contributed by atoms with Gasteiger partial charge in [-0.3, -0.25) is 4.79 Å². The predicted molar refractivity (Wildman–Crippen MR) is 91.1 cm³/mol. The molecule has 1 saturated carbocycles. The predicted octanol–water partition coefficient (Wildman–Crippen LogP) is 3.73. The van der Waals surface area contributed by atoms with E-state index in [0.717, 1.165) is 12.8 Å². The van der Waals surface area contributed by atoms with Gasteiger partial charge in [-0.05, 0) is 43.9 Å². The molecule has 0 aliphatic heterocycles. The van der Waals surface area contributed by atoms with Crippen LogP contribution in [0, 0.1) is 0 Å². The smallest absolute Gasteiger partial charge is 0.259 e. The number of hydrogen-bond acceptors (Lipinski definition) is 4. The fourth-order valence-electron chi connectivity index (χ4n) is 2.66. The van der Waals surface area contributed by atoms with Crippen LogP contribution in [0.4, 0.5) is 5.69 Å². The van der Waals surface area contributed by atoms with Crippen molar-refractivity contribution in [3.8, 4) is 5.75 Å². The van der Waals surface area contributed by atoms with Crippen molar-refractivity contribution < 1.29 is 13.9 Å². The Hall–Kier alpha value is -1.98. The number of halogens is 1. The highest BCUT2D eigenvalue weighted by Crippen LogP contribution is 2.30. The molecule has 1 aliphatic rings. The van der Waals surface area contributed by atoms with Crippen molar-refractivity contribution in [1.82, 2.24) is 0 Å². The molecular formula is C17H21ClN2O3. The summed E-state index contributed by atoms with van der Waals surface area (Å²) in [5, 5.41) is 2.87. The summed E-state index contributed by atoms with van der Waals surface area (Å²) in [5.41, 5.74) is 6.62. The minimum atomic E-state index is -0.231. The zero-order valence-electron chi connectivity index (χ0n) is 12.8. The van der Waals surface area contributed by atoms with Crippen LogP contribution < -0.4 is 15.8 Å². The second-order valence-electron chi connectivity index (χ2n) is 5.48. The number of hydrogen-bond donors (Lipinski definition) is 2. The Morgan fingerprint density at radius 1 is 1.30 bits per heavy atom. The Kier molecular flexibility index (Phi) is 6.07. The zero-order valence-corrected chi connectivity index (χ0v) is 13.6. The van der Waals surface area contributed by atoms with Gasteiger partial charge in [-0.15, -0.1) is 12.4 Å². The van der Waals surface area contributed by atoms with Crippen molar-refractivity contribution in [3.63, 3.8) is 0 Å². The summed E-state index contributed by atoms with van der Waals surface area (Å²) >= 11 is 0. The number of furan rings is 1. The van der Waals surface area contributed by atoms with Crippen LogP contribution in [0.25, 0.3) is 0 Å². The summed E-state index contributed by atoms with van der Waals surface area (Å²) in [7, 11) is 0. The average molecular weight is 337 g/mol. The highest BCUT2D eigenvalue weighted by molar-refractivity contribution is 6.04. The molecule has 1 aliphatic carbocycles. The Labute approximate surface area is 141 Å². The van der Waals surface area contributed by atoms with E-state index in [1.54, 1.807) is 6.07 Å². The molecule has 1 heterocycles. The molecule has 6 heteroatoms. The van der Waals surface area contributed by atoms with Gasteiger partial charge in [-0.2, -0.15) is 0 Å². The first-order chi connectivity index (χ1) is 10.8. The zero-order chi connectivity index (χ0) is 15.4. The first-order valence-corrected chi connectivity index (χ1v) is 7.61. The monoisotopic (exact) mass is 336 g/mol. The fourth-order valence-corrected chi connectivity index (χ4v) is 2.66. The number of nitrogens with two attached hydrogens (primary N) is 1. The maximum absolute atomic E-state index is 12.3. The van der Waals surface area contributed by atoms with Crippen LogP contribution in [0.15, 0.2) is 41.0 Å². The van der Waals surface area contributed by atoms with E-state index in [1.807, 2.05) is 24.3 Å². The number of rotatable bonds is 5. The van der Waals surface area contributed by atoms with Gasteiger partial charge in [-0.25, -0.2) is 0 Å². The molecule has 0 bridgehead atoms. The molecule has 124 valence electrons. The number of ether oxygens (including phenoxy) is 1.